The Hall–Kier alpha value is -1.93. The van der Waals surface area contributed by atoms with Crippen molar-refractivity contribution in [2.24, 2.45) is 0 Å². The van der Waals surface area contributed by atoms with E-state index in [1.165, 1.54) is 0 Å². The summed E-state index contributed by atoms with van der Waals surface area (Å²) in [5, 5.41) is 19.8. The van der Waals surface area contributed by atoms with Crippen molar-refractivity contribution in [2.75, 3.05) is 44.4 Å². The van der Waals surface area contributed by atoms with Gasteiger partial charge in [-0.3, -0.25) is 4.79 Å². The average Bonchev–Trinajstić information content (AvgIpc) is 2.66. The lowest BCUT2D eigenvalue weighted by atomic mass is 9.94. The first kappa shape index (κ1) is 19.4. The number of aliphatic hydroxyl groups is 1. The Labute approximate surface area is 148 Å². The zero-order valence-corrected chi connectivity index (χ0v) is 15.3. The van der Waals surface area contributed by atoms with Gasteiger partial charge in [0.25, 0.3) is 0 Å². The van der Waals surface area contributed by atoms with Gasteiger partial charge in [-0.25, -0.2) is 4.98 Å². The van der Waals surface area contributed by atoms with E-state index in [4.69, 9.17) is 10.8 Å². The number of hydrogen-bond acceptors (Lipinski definition) is 7. The molecule has 8 heteroatoms. The molecule has 2 rings (SSSR count). The fraction of sp³-hybridized carbons (Fsp3) is 0.706. The van der Waals surface area contributed by atoms with Gasteiger partial charge in [0, 0.05) is 37.3 Å². The van der Waals surface area contributed by atoms with Crippen molar-refractivity contribution in [2.45, 2.75) is 44.6 Å². The van der Waals surface area contributed by atoms with Gasteiger partial charge in [-0.05, 0) is 46.7 Å². The largest absolute Gasteiger partial charge is 0.481 e. The minimum Gasteiger partial charge on any atom is -0.481 e. The van der Waals surface area contributed by atoms with Crippen molar-refractivity contribution in [3.05, 3.63) is 11.3 Å². The Morgan fingerprint density at radius 2 is 2.04 bits per heavy atom. The number of likely N-dealkylation sites (N-methyl/N-ethyl adjacent to an activating group) is 1. The van der Waals surface area contributed by atoms with Crippen LogP contribution >= 0.6 is 0 Å². The summed E-state index contributed by atoms with van der Waals surface area (Å²) in [7, 11) is 3.91. The van der Waals surface area contributed by atoms with E-state index in [2.05, 4.69) is 14.9 Å². The first-order chi connectivity index (χ1) is 11.7. The van der Waals surface area contributed by atoms with Gasteiger partial charge in [0.2, 0.25) is 5.95 Å². The van der Waals surface area contributed by atoms with Crippen LogP contribution in [0.2, 0.25) is 0 Å². The lowest BCUT2D eigenvalue weighted by Crippen LogP contribution is -2.41. The SMILES string of the molecule is Cc1nc(N)nc(N2CCC[C@@](O)(CN(C)C)CC2)c1CCC(=O)O. The molecule has 8 nitrogen and oxygen atoms in total. The summed E-state index contributed by atoms with van der Waals surface area (Å²) < 4.78 is 0. The topological polar surface area (TPSA) is 116 Å². The maximum atomic E-state index is 11.0. The average molecular weight is 351 g/mol. The van der Waals surface area contributed by atoms with E-state index >= 15 is 0 Å². The third-order valence-corrected chi connectivity index (χ3v) is 4.63. The molecular formula is C17H29N5O3. The van der Waals surface area contributed by atoms with Gasteiger partial charge < -0.3 is 25.7 Å². The standard InChI is InChI=1S/C17H29N5O3/c1-12-13(5-6-14(23)24)15(20-16(18)19-12)22-9-4-7-17(25,8-10-22)11-21(2)3/h25H,4-11H2,1-3H3,(H,23,24)(H2,18,19,20)/t17-/m0/s1. The molecule has 2 heterocycles. The highest BCUT2D eigenvalue weighted by Crippen LogP contribution is 2.29. The number of nitrogen functional groups attached to an aromatic ring is 1. The molecule has 0 aliphatic carbocycles. The van der Waals surface area contributed by atoms with Crippen molar-refractivity contribution < 1.29 is 15.0 Å². The minimum atomic E-state index is -0.849. The molecule has 140 valence electrons. The lowest BCUT2D eigenvalue weighted by molar-refractivity contribution is -0.136. The van der Waals surface area contributed by atoms with Gasteiger partial charge in [-0.1, -0.05) is 0 Å². The number of hydrogen-bond donors (Lipinski definition) is 3. The molecule has 4 N–H and O–H groups in total. The minimum absolute atomic E-state index is 0.0273. The van der Waals surface area contributed by atoms with E-state index in [0.717, 1.165) is 30.6 Å². The fourth-order valence-electron chi connectivity index (χ4n) is 3.53. The highest BCUT2D eigenvalue weighted by atomic mass is 16.4. The maximum absolute atomic E-state index is 11.0. The van der Waals surface area contributed by atoms with E-state index < -0.39 is 11.6 Å². The molecule has 1 aliphatic heterocycles. The van der Waals surface area contributed by atoms with Crippen molar-refractivity contribution in [3.8, 4) is 0 Å². The van der Waals surface area contributed by atoms with Gasteiger partial charge in [0.15, 0.2) is 0 Å². The van der Waals surface area contributed by atoms with Crippen LogP contribution in [-0.4, -0.2) is 70.4 Å². The molecule has 25 heavy (non-hydrogen) atoms. The van der Waals surface area contributed by atoms with Crippen LogP contribution in [0.5, 0.6) is 0 Å². The molecule has 0 unspecified atom stereocenters. The quantitative estimate of drug-likeness (QED) is 0.685. The summed E-state index contributed by atoms with van der Waals surface area (Å²) in [5.74, 6) is 0.0538. The molecule has 1 aromatic heterocycles. The molecule has 0 radical (unpaired) electrons. The van der Waals surface area contributed by atoms with E-state index in [9.17, 15) is 9.90 Å². The Kier molecular flexibility index (Phi) is 6.18. The molecule has 0 saturated carbocycles. The van der Waals surface area contributed by atoms with Crippen LogP contribution in [0.1, 0.15) is 36.9 Å². The summed E-state index contributed by atoms with van der Waals surface area (Å²) in [6, 6.07) is 0. The summed E-state index contributed by atoms with van der Waals surface area (Å²) in [4.78, 5) is 23.7. The fourth-order valence-corrected chi connectivity index (χ4v) is 3.53. The number of carbonyl (C=O) groups is 1. The second kappa shape index (κ2) is 7.97. The normalized spacial score (nSPS) is 21.4. The van der Waals surface area contributed by atoms with Crippen LogP contribution in [0.25, 0.3) is 0 Å². The summed E-state index contributed by atoms with van der Waals surface area (Å²) in [6.45, 7) is 3.86. The number of carboxylic acids is 1. The number of aryl methyl sites for hydroxylation is 1. The number of aliphatic carboxylic acids is 1. The van der Waals surface area contributed by atoms with E-state index in [0.29, 0.717) is 31.7 Å². The van der Waals surface area contributed by atoms with Crippen LogP contribution in [0.4, 0.5) is 11.8 Å². The molecule has 1 saturated heterocycles. The summed E-state index contributed by atoms with van der Waals surface area (Å²) >= 11 is 0. The monoisotopic (exact) mass is 351 g/mol. The van der Waals surface area contributed by atoms with Gasteiger partial charge in [0.1, 0.15) is 5.82 Å². The Morgan fingerprint density at radius 1 is 1.32 bits per heavy atom. The number of rotatable bonds is 6. The molecule has 1 aliphatic rings. The van der Waals surface area contributed by atoms with Crippen LogP contribution in [0.3, 0.4) is 0 Å². The first-order valence-corrected chi connectivity index (χ1v) is 8.67. The summed E-state index contributed by atoms with van der Waals surface area (Å²) in [6.07, 6.45) is 2.60. The number of anilines is 2. The second-order valence-electron chi connectivity index (χ2n) is 7.17. The second-order valence-corrected chi connectivity index (χ2v) is 7.17. The molecule has 0 aromatic carbocycles. The Bertz CT molecular complexity index is 623. The van der Waals surface area contributed by atoms with Crippen LogP contribution in [0.15, 0.2) is 0 Å². The van der Waals surface area contributed by atoms with E-state index in [1.807, 2.05) is 25.9 Å². The molecule has 1 aromatic rings. The number of nitrogens with two attached hydrogens (primary N) is 1. The van der Waals surface area contributed by atoms with Gasteiger partial charge in [-0.15, -0.1) is 0 Å². The van der Waals surface area contributed by atoms with Crippen LogP contribution in [-0.2, 0) is 11.2 Å². The highest BCUT2D eigenvalue weighted by molar-refractivity contribution is 5.68. The van der Waals surface area contributed by atoms with Crippen molar-refractivity contribution >= 4 is 17.7 Å². The number of aromatic nitrogens is 2. The van der Waals surface area contributed by atoms with Gasteiger partial charge >= 0.3 is 5.97 Å². The third kappa shape index (κ3) is 5.27. The van der Waals surface area contributed by atoms with Crippen LogP contribution in [0, 0.1) is 6.92 Å². The van der Waals surface area contributed by atoms with Gasteiger partial charge in [0.05, 0.1) is 5.60 Å². The molecule has 0 bridgehead atoms. The highest BCUT2D eigenvalue weighted by Gasteiger charge is 2.32. The Morgan fingerprint density at radius 3 is 2.68 bits per heavy atom. The van der Waals surface area contributed by atoms with Crippen LogP contribution < -0.4 is 10.6 Å². The Balaban J connectivity index is 2.24. The number of nitrogens with zero attached hydrogens (tertiary/aromatic N) is 4. The predicted octanol–water partition coefficient (Wildman–Crippen LogP) is 0.667. The smallest absolute Gasteiger partial charge is 0.303 e. The maximum Gasteiger partial charge on any atom is 0.303 e. The molecule has 0 spiro atoms. The van der Waals surface area contributed by atoms with Gasteiger partial charge in [-0.2, -0.15) is 4.98 Å². The van der Waals surface area contributed by atoms with E-state index in [-0.39, 0.29) is 12.4 Å². The summed E-state index contributed by atoms with van der Waals surface area (Å²) in [5.41, 5.74) is 6.66. The van der Waals surface area contributed by atoms with Crippen molar-refractivity contribution in [1.29, 1.82) is 0 Å². The first-order valence-electron chi connectivity index (χ1n) is 8.67. The predicted molar refractivity (Wildman–Crippen MR) is 96.7 cm³/mol. The zero-order valence-electron chi connectivity index (χ0n) is 15.3. The number of carboxylic acid groups (broad SMARTS) is 1. The molecule has 1 fully saturated rings. The molecule has 0 amide bonds. The molecule has 1 atom stereocenters. The van der Waals surface area contributed by atoms with E-state index in [1.54, 1.807) is 0 Å². The zero-order chi connectivity index (χ0) is 18.6. The van der Waals surface area contributed by atoms with Crippen molar-refractivity contribution in [1.82, 2.24) is 14.9 Å². The van der Waals surface area contributed by atoms with Crippen molar-refractivity contribution in [3.63, 3.8) is 0 Å². The molecular weight excluding hydrogens is 322 g/mol. The third-order valence-electron chi connectivity index (χ3n) is 4.63. The lowest BCUT2D eigenvalue weighted by Gasteiger charge is -2.30.